The minimum atomic E-state index is 0.319. The van der Waals surface area contributed by atoms with E-state index in [1.807, 2.05) is 19.1 Å². The van der Waals surface area contributed by atoms with Gasteiger partial charge in [0.05, 0.1) is 10.0 Å². The Morgan fingerprint density at radius 2 is 1.68 bits per heavy atom. The minimum absolute atomic E-state index is 0.319. The number of hydrogen-bond acceptors (Lipinski definition) is 2. The van der Waals surface area contributed by atoms with Crippen LogP contribution >= 0.6 is 34.8 Å². The molecule has 5 heteroatoms. The summed E-state index contributed by atoms with van der Waals surface area (Å²) in [7, 11) is 0. The maximum absolute atomic E-state index is 6.08. The van der Waals surface area contributed by atoms with Crippen LogP contribution in [0.15, 0.2) is 30.3 Å². The molecule has 0 aromatic heterocycles. The Kier molecular flexibility index (Phi) is 4.46. The smallest absolute Gasteiger partial charge is 0.120 e. The zero-order chi connectivity index (χ0) is 14.0. The topological polar surface area (TPSA) is 35.2 Å². The molecular formula is C14H12Cl3NO. The lowest BCUT2D eigenvalue weighted by Crippen LogP contribution is -1.98. The van der Waals surface area contributed by atoms with Crippen molar-refractivity contribution in [1.82, 2.24) is 0 Å². The van der Waals surface area contributed by atoms with E-state index < -0.39 is 0 Å². The second kappa shape index (κ2) is 5.91. The van der Waals surface area contributed by atoms with Crippen molar-refractivity contribution in [3.63, 3.8) is 0 Å². The monoisotopic (exact) mass is 315 g/mol. The highest BCUT2D eigenvalue weighted by molar-refractivity contribution is 6.43. The van der Waals surface area contributed by atoms with Gasteiger partial charge in [-0.25, -0.2) is 0 Å². The molecule has 19 heavy (non-hydrogen) atoms. The van der Waals surface area contributed by atoms with Crippen molar-refractivity contribution in [1.29, 1.82) is 0 Å². The van der Waals surface area contributed by atoms with Gasteiger partial charge in [0.15, 0.2) is 0 Å². The van der Waals surface area contributed by atoms with Crippen molar-refractivity contribution in [2.24, 2.45) is 0 Å². The number of rotatable bonds is 3. The third-order valence-corrected chi connectivity index (χ3v) is 3.80. The lowest BCUT2D eigenvalue weighted by molar-refractivity contribution is 0.306. The van der Waals surface area contributed by atoms with Crippen LogP contribution in [-0.2, 0) is 6.61 Å². The third kappa shape index (κ3) is 3.47. The van der Waals surface area contributed by atoms with Crippen LogP contribution in [0.4, 0.5) is 5.69 Å². The largest absolute Gasteiger partial charge is 0.489 e. The molecule has 0 aliphatic heterocycles. The molecule has 0 amide bonds. The summed E-state index contributed by atoms with van der Waals surface area (Å²) < 4.78 is 5.66. The molecule has 2 aromatic rings. The highest BCUT2D eigenvalue weighted by Gasteiger charge is 2.07. The molecule has 2 rings (SSSR count). The normalized spacial score (nSPS) is 10.5. The fourth-order valence-electron chi connectivity index (χ4n) is 1.57. The van der Waals surface area contributed by atoms with Gasteiger partial charge in [0.25, 0.3) is 0 Å². The Balaban J connectivity index is 2.14. The van der Waals surface area contributed by atoms with Gasteiger partial charge >= 0.3 is 0 Å². The third-order valence-electron chi connectivity index (χ3n) is 2.72. The first-order valence-corrected chi connectivity index (χ1v) is 6.73. The molecule has 0 spiro atoms. The zero-order valence-corrected chi connectivity index (χ0v) is 12.5. The first-order chi connectivity index (χ1) is 8.97. The molecule has 0 aliphatic rings. The van der Waals surface area contributed by atoms with Crippen molar-refractivity contribution in [2.75, 3.05) is 5.73 Å². The van der Waals surface area contributed by atoms with Crippen LogP contribution in [0.5, 0.6) is 5.75 Å². The first kappa shape index (κ1) is 14.3. The Hall–Kier alpha value is -1.09. The molecule has 0 aliphatic carbocycles. The van der Waals surface area contributed by atoms with E-state index in [-0.39, 0.29) is 0 Å². The van der Waals surface area contributed by atoms with Crippen LogP contribution in [-0.4, -0.2) is 0 Å². The van der Waals surface area contributed by atoms with E-state index in [1.165, 1.54) is 0 Å². The van der Waals surface area contributed by atoms with Crippen LogP contribution in [0.25, 0.3) is 0 Å². The lowest BCUT2D eigenvalue weighted by Gasteiger charge is -2.10. The average Bonchev–Trinajstić information content (AvgIpc) is 2.36. The van der Waals surface area contributed by atoms with Crippen LogP contribution < -0.4 is 10.5 Å². The van der Waals surface area contributed by atoms with E-state index >= 15 is 0 Å². The number of aryl methyl sites for hydroxylation is 1. The fraction of sp³-hybridized carbons (Fsp3) is 0.143. The summed E-state index contributed by atoms with van der Waals surface area (Å²) in [6.45, 7) is 2.24. The summed E-state index contributed by atoms with van der Waals surface area (Å²) >= 11 is 17.9. The summed E-state index contributed by atoms with van der Waals surface area (Å²) in [5.41, 5.74) is 8.24. The summed E-state index contributed by atoms with van der Waals surface area (Å²) in [5, 5.41) is 1.42. The maximum Gasteiger partial charge on any atom is 0.120 e. The zero-order valence-electron chi connectivity index (χ0n) is 10.2. The second-order valence-corrected chi connectivity index (χ2v) is 5.39. The van der Waals surface area contributed by atoms with Crippen LogP contribution in [0.2, 0.25) is 15.1 Å². The fourth-order valence-corrected chi connectivity index (χ4v) is 2.20. The lowest BCUT2D eigenvalue weighted by atomic mass is 10.2. The van der Waals surface area contributed by atoms with Gasteiger partial charge < -0.3 is 10.5 Å². The van der Waals surface area contributed by atoms with Gasteiger partial charge in [0, 0.05) is 16.3 Å². The highest BCUT2D eigenvalue weighted by Crippen LogP contribution is 2.30. The Morgan fingerprint density at radius 1 is 1.00 bits per heavy atom. The Morgan fingerprint density at radius 3 is 2.37 bits per heavy atom. The SMILES string of the molecule is Cc1cc(OCc2cc(Cl)c(Cl)cc2Cl)ccc1N. The van der Waals surface area contributed by atoms with Crippen molar-refractivity contribution in [2.45, 2.75) is 13.5 Å². The predicted molar refractivity (Wildman–Crippen MR) is 81.4 cm³/mol. The van der Waals surface area contributed by atoms with E-state index in [0.29, 0.717) is 21.7 Å². The summed E-state index contributed by atoms with van der Waals surface area (Å²) in [5.74, 6) is 0.730. The molecule has 2 aromatic carbocycles. The van der Waals surface area contributed by atoms with Crippen LogP contribution in [0.1, 0.15) is 11.1 Å². The van der Waals surface area contributed by atoms with Crippen LogP contribution in [0, 0.1) is 6.92 Å². The Labute approximate surface area is 127 Å². The molecular weight excluding hydrogens is 305 g/mol. The molecule has 0 radical (unpaired) electrons. The summed E-state index contributed by atoms with van der Waals surface area (Å²) in [6, 6.07) is 8.81. The van der Waals surface area contributed by atoms with Gasteiger partial charge in [-0.1, -0.05) is 34.8 Å². The molecule has 0 atom stereocenters. The van der Waals surface area contributed by atoms with Gasteiger partial charge in [0.2, 0.25) is 0 Å². The van der Waals surface area contributed by atoms with E-state index in [4.69, 9.17) is 45.3 Å². The van der Waals surface area contributed by atoms with Gasteiger partial charge in [-0.15, -0.1) is 0 Å². The van der Waals surface area contributed by atoms with E-state index in [2.05, 4.69) is 0 Å². The molecule has 2 nitrogen and oxygen atoms in total. The first-order valence-electron chi connectivity index (χ1n) is 5.59. The van der Waals surface area contributed by atoms with Crippen molar-refractivity contribution in [3.8, 4) is 5.75 Å². The van der Waals surface area contributed by atoms with E-state index in [0.717, 1.165) is 22.6 Å². The van der Waals surface area contributed by atoms with Gasteiger partial charge in [-0.2, -0.15) is 0 Å². The molecule has 0 heterocycles. The molecule has 0 saturated carbocycles. The maximum atomic E-state index is 6.08. The number of anilines is 1. The van der Waals surface area contributed by atoms with Gasteiger partial charge in [-0.05, 0) is 42.8 Å². The van der Waals surface area contributed by atoms with Gasteiger partial charge in [0.1, 0.15) is 12.4 Å². The quantitative estimate of drug-likeness (QED) is 0.630. The van der Waals surface area contributed by atoms with Crippen LogP contribution in [0.3, 0.4) is 0 Å². The number of nitrogens with two attached hydrogens (primary N) is 1. The molecule has 0 bridgehead atoms. The number of halogens is 3. The van der Waals surface area contributed by atoms with Crippen molar-refractivity contribution >= 4 is 40.5 Å². The van der Waals surface area contributed by atoms with Crippen molar-refractivity contribution < 1.29 is 4.74 Å². The average molecular weight is 317 g/mol. The van der Waals surface area contributed by atoms with E-state index in [1.54, 1.807) is 18.2 Å². The molecule has 0 saturated heterocycles. The Bertz CT molecular complexity index is 614. The molecule has 0 unspecified atom stereocenters. The number of nitrogen functional groups attached to an aromatic ring is 1. The highest BCUT2D eigenvalue weighted by atomic mass is 35.5. The predicted octanol–water partition coefficient (Wildman–Crippen LogP) is 5.12. The standard InChI is InChI=1S/C14H12Cl3NO/c1-8-4-10(2-3-14(8)18)19-7-9-5-12(16)13(17)6-11(9)15/h2-6H,7,18H2,1H3. The van der Waals surface area contributed by atoms with E-state index in [9.17, 15) is 0 Å². The second-order valence-electron chi connectivity index (χ2n) is 4.16. The number of hydrogen-bond donors (Lipinski definition) is 1. The summed E-state index contributed by atoms with van der Waals surface area (Å²) in [4.78, 5) is 0. The van der Waals surface area contributed by atoms with Gasteiger partial charge in [-0.3, -0.25) is 0 Å². The molecule has 100 valence electrons. The summed E-state index contributed by atoms with van der Waals surface area (Å²) in [6.07, 6.45) is 0. The number of ether oxygens (including phenoxy) is 1. The molecule has 0 fully saturated rings. The van der Waals surface area contributed by atoms with Crippen molar-refractivity contribution in [3.05, 3.63) is 56.5 Å². The minimum Gasteiger partial charge on any atom is -0.489 e. The number of benzene rings is 2. The molecule has 2 N–H and O–H groups in total.